The number of halogens is 5. The second-order valence-corrected chi connectivity index (χ2v) is 4.82. The fraction of sp³-hybridized carbons (Fsp3) is 0.500. The molecule has 0 aliphatic rings. The van der Waals surface area contributed by atoms with Crippen LogP contribution in [-0.4, -0.2) is 11.7 Å². The molecule has 0 amide bonds. The minimum absolute atomic E-state index is 0. The summed E-state index contributed by atoms with van der Waals surface area (Å²) in [5.74, 6) is -1.01. The second kappa shape index (κ2) is 6.07. The maximum absolute atomic E-state index is 13.6. The molecule has 0 radical (unpaired) electrons. The molecule has 0 spiro atoms. The third-order valence-corrected chi connectivity index (χ3v) is 2.92. The van der Waals surface area contributed by atoms with Gasteiger partial charge in [0.25, 0.3) is 0 Å². The number of hydrogen-bond donors (Lipinski definition) is 2. The average molecular weight is 302 g/mol. The van der Waals surface area contributed by atoms with Crippen molar-refractivity contribution >= 4 is 12.4 Å². The van der Waals surface area contributed by atoms with E-state index in [1.807, 2.05) is 0 Å². The van der Waals surface area contributed by atoms with E-state index in [2.05, 4.69) is 0 Å². The Morgan fingerprint density at radius 2 is 1.79 bits per heavy atom. The number of alkyl halides is 3. The minimum atomic E-state index is -4.68. The zero-order valence-electron chi connectivity index (χ0n) is 10.5. The summed E-state index contributed by atoms with van der Waals surface area (Å²) in [5, 5.41) is 9.13. The summed E-state index contributed by atoms with van der Waals surface area (Å²) in [7, 11) is 0. The molecule has 0 fully saturated rings. The van der Waals surface area contributed by atoms with Crippen molar-refractivity contribution in [2.45, 2.75) is 26.1 Å². The summed E-state index contributed by atoms with van der Waals surface area (Å²) in [4.78, 5) is 0. The van der Waals surface area contributed by atoms with Gasteiger partial charge in [-0.25, -0.2) is 4.39 Å². The highest BCUT2D eigenvalue weighted by Gasteiger charge is 2.39. The Morgan fingerprint density at radius 3 is 2.21 bits per heavy atom. The number of aliphatic hydroxyl groups excluding tert-OH is 1. The molecule has 7 heteroatoms. The first-order valence-electron chi connectivity index (χ1n) is 5.33. The lowest BCUT2D eigenvalue weighted by Crippen LogP contribution is -2.34. The molecule has 0 bridgehead atoms. The quantitative estimate of drug-likeness (QED) is 0.842. The van der Waals surface area contributed by atoms with Gasteiger partial charge in [-0.1, -0.05) is 19.9 Å². The van der Waals surface area contributed by atoms with E-state index >= 15 is 0 Å². The molecular formula is C12H16ClF4NO. The number of nitrogens with two attached hydrogens (primary N) is 1. The molecule has 110 valence electrons. The molecule has 0 heterocycles. The van der Waals surface area contributed by atoms with Crippen LogP contribution in [0.4, 0.5) is 17.6 Å². The van der Waals surface area contributed by atoms with E-state index in [9.17, 15) is 17.6 Å². The molecule has 0 aliphatic carbocycles. The molecule has 1 rings (SSSR count). The van der Waals surface area contributed by atoms with Crippen molar-refractivity contribution in [3.05, 3.63) is 35.1 Å². The maximum atomic E-state index is 13.6. The summed E-state index contributed by atoms with van der Waals surface area (Å²) in [6.45, 7) is 2.51. The van der Waals surface area contributed by atoms with E-state index in [0.717, 1.165) is 18.2 Å². The Balaban J connectivity index is 0.00000324. The van der Waals surface area contributed by atoms with Crippen LogP contribution >= 0.6 is 12.4 Å². The first kappa shape index (κ1) is 18.1. The van der Waals surface area contributed by atoms with Gasteiger partial charge >= 0.3 is 6.18 Å². The van der Waals surface area contributed by atoms with Gasteiger partial charge in [0.1, 0.15) is 5.82 Å². The molecule has 0 saturated carbocycles. The number of aliphatic hydroxyl groups is 1. The van der Waals surface area contributed by atoms with Crippen molar-refractivity contribution in [1.29, 1.82) is 0 Å². The van der Waals surface area contributed by atoms with Gasteiger partial charge in [0.15, 0.2) is 0 Å². The van der Waals surface area contributed by atoms with Crippen LogP contribution in [0.5, 0.6) is 0 Å². The van der Waals surface area contributed by atoms with E-state index < -0.39 is 41.2 Å². The van der Waals surface area contributed by atoms with Gasteiger partial charge in [-0.2, -0.15) is 13.2 Å². The van der Waals surface area contributed by atoms with E-state index in [-0.39, 0.29) is 12.4 Å². The van der Waals surface area contributed by atoms with Crippen molar-refractivity contribution in [1.82, 2.24) is 0 Å². The van der Waals surface area contributed by atoms with Crippen LogP contribution in [0.15, 0.2) is 18.2 Å². The van der Waals surface area contributed by atoms with Gasteiger partial charge < -0.3 is 10.8 Å². The van der Waals surface area contributed by atoms with Gasteiger partial charge in [-0.15, -0.1) is 12.4 Å². The van der Waals surface area contributed by atoms with E-state index in [1.54, 1.807) is 0 Å². The first-order valence-corrected chi connectivity index (χ1v) is 5.33. The summed E-state index contributed by atoms with van der Waals surface area (Å²) in [6, 6.07) is 1.45. The fourth-order valence-electron chi connectivity index (χ4n) is 1.59. The third kappa shape index (κ3) is 3.81. The van der Waals surface area contributed by atoms with E-state index in [0.29, 0.717) is 0 Å². The molecule has 1 atom stereocenters. The molecule has 0 saturated heterocycles. The molecule has 2 nitrogen and oxygen atoms in total. The monoisotopic (exact) mass is 301 g/mol. The third-order valence-electron chi connectivity index (χ3n) is 2.92. The summed E-state index contributed by atoms with van der Waals surface area (Å²) in [5.41, 5.74) is 2.92. The summed E-state index contributed by atoms with van der Waals surface area (Å²) in [6.07, 6.45) is -4.68. The van der Waals surface area contributed by atoms with E-state index in [4.69, 9.17) is 10.8 Å². The van der Waals surface area contributed by atoms with Crippen LogP contribution in [0.2, 0.25) is 0 Å². The lowest BCUT2D eigenvalue weighted by Gasteiger charge is -2.31. The SMILES string of the molecule is CC(C)(CO)[C@H](N)c1c(F)cccc1C(F)(F)F.Cl. The van der Waals surface area contributed by atoms with Crippen molar-refractivity contribution in [2.24, 2.45) is 11.1 Å². The maximum Gasteiger partial charge on any atom is 0.416 e. The Hall–Kier alpha value is -0.850. The molecule has 1 aromatic carbocycles. The average Bonchev–Trinajstić information content (AvgIpc) is 2.26. The second-order valence-electron chi connectivity index (χ2n) is 4.82. The van der Waals surface area contributed by atoms with Gasteiger partial charge in [0.2, 0.25) is 0 Å². The Kier molecular flexibility index (Phi) is 5.80. The molecular weight excluding hydrogens is 286 g/mol. The fourth-order valence-corrected chi connectivity index (χ4v) is 1.59. The van der Waals surface area contributed by atoms with Crippen LogP contribution in [0, 0.1) is 11.2 Å². The van der Waals surface area contributed by atoms with Crippen molar-refractivity contribution in [3.63, 3.8) is 0 Å². The van der Waals surface area contributed by atoms with Gasteiger partial charge in [0, 0.05) is 23.6 Å². The normalized spacial score (nSPS) is 13.9. The number of benzene rings is 1. The molecule has 1 aromatic rings. The molecule has 0 aliphatic heterocycles. The molecule has 0 aromatic heterocycles. The van der Waals surface area contributed by atoms with Crippen LogP contribution in [0.1, 0.15) is 31.0 Å². The topological polar surface area (TPSA) is 46.2 Å². The minimum Gasteiger partial charge on any atom is -0.396 e. The van der Waals surface area contributed by atoms with Crippen LogP contribution in [0.25, 0.3) is 0 Å². The Bertz CT molecular complexity index is 434. The van der Waals surface area contributed by atoms with Gasteiger partial charge in [-0.3, -0.25) is 0 Å². The molecule has 19 heavy (non-hydrogen) atoms. The lowest BCUT2D eigenvalue weighted by atomic mass is 9.80. The highest BCUT2D eigenvalue weighted by molar-refractivity contribution is 5.85. The van der Waals surface area contributed by atoms with Crippen LogP contribution in [0.3, 0.4) is 0 Å². The summed E-state index contributed by atoms with van der Waals surface area (Å²) < 4.78 is 52.0. The highest BCUT2D eigenvalue weighted by atomic mass is 35.5. The van der Waals surface area contributed by atoms with Crippen molar-refractivity contribution in [2.75, 3.05) is 6.61 Å². The van der Waals surface area contributed by atoms with Crippen molar-refractivity contribution < 1.29 is 22.7 Å². The lowest BCUT2D eigenvalue weighted by molar-refractivity contribution is -0.139. The molecule has 3 N–H and O–H groups in total. The largest absolute Gasteiger partial charge is 0.416 e. The van der Waals surface area contributed by atoms with E-state index in [1.165, 1.54) is 13.8 Å². The first-order chi connectivity index (χ1) is 8.11. The predicted molar refractivity (Wildman–Crippen MR) is 66.4 cm³/mol. The zero-order chi connectivity index (χ0) is 14.1. The molecule has 0 unspecified atom stereocenters. The smallest absolute Gasteiger partial charge is 0.396 e. The van der Waals surface area contributed by atoms with Gasteiger partial charge in [-0.05, 0) is 12.1 Å². The van der Waals surface area contributed by atoms with Gasteiger partial charge in [0.05, 0.1) is 5.56 Å². The number of rotatable bonds is 3. The Labute approximate surface area is 115 Å². The zero-order valence-corrected chi connectivity index (χ0v) is 11.3. The highest BCUT2D eigenvalue weighted by Crippen LogP contribution is 2.40. The summed E-state index contributed by atoms with van der Waals surface area (Å²) >= 11 is 0. The van der Waals surface area contributed by atoms with Crippen LogP contribution < -0.4 is 5.73 Å². The number of hydrogen-bond acceptors (Lipinski definition) is 2. The predicted octanol–water partition coefficient (Wildman–Crippen LogP) is 3.28. The Morgan fingerprint density at radius 1 is 1.26 bits per heavy atom. The van der Waals surface area contributed by atoms with Crippen LogP contribution in [-0.2, 0) is 6.18 Å². The van der Waals surface area contributed by atoms with Crippen molar-refractivity contribution in [3.8, 4) is 0 Å². The standard InChI is InChI=1S/C12H15F4NO.ClH/c1-11(2,6-18)10(17)9-7(12(14,15)16)4-3-5-8(9)13;/h3-5,10,18H,6,17H2,1-2H3;1H/t10-;/m1./s1.